The molecule has 2 N–H and O–H groups in total. The van der Waals surface area contributed by atoms with Crippen LogP contribution in [-0.4, -0.2) is 29.5 Å². The van der Waals surface area contributed by atoms with E-state index in [9.17, 15) is 4.79 Å². The zero-order valence-electron chi connectivity index (χ0n) is 10.3. The van der Waals surface area contributed by atoms with E-state index in [2.05, 4.69) is 0 Å². The second kappa shape index (κ2) is 5.35. The summed E-state index contributed by atoms with van der Waals surface area (Å²) in [5.74, 6) is 0.951. The summed E-state index contributed by atoms with van der Waals surface area (Å²) in [6, 6.07) is 5.56. The molecule has 1 aliphatic rings. The Kier molecular flexibility index (Phi) is 3.81. The van der Waals surface area contributed by atoms with E-state index in [4.69, 9.17) is 22.7 Å². The summed E-state index contributed by atoms with van der Waals surface area (Å²) in [7, 11) is 1.62. The first-order valence-electron chi connectivity index (χ1n) is 5.86. The standard InChI is InChI=1S/C13H16N2O2S/c1-17-11-5-4-9(13(14)18)7-10(11)8-15-6-2-3-12(15)16/h4-5,7H,2-3,6,8H2,1H3,(H2,14,18). The predicted octanol–water partition coefficient (Wildman–Crippen LogP) is 1.45. The molecule has 0 unspecified atom stereocenters. The number of nitrogens with zero attached hydrogens (tertiary/aromatic N) is 1. The molecular weight excluding hydrogens is 248 g/mol. The summed E-state index contributed by atoms with van der Waals surface area (Å²) in [5.41, 5.74) is 7.36. The Labute approximate surface area is 112 Å². The van der Waals surface area contributed by atoms with Gasteiger partial charge in [0, 0.05) is 30.6 Å². The summed E-state index contributed by atoms with van der Waals surface area (Å²) in [4.78, 5) is 13.8. The molecule has 1 amide bonds. The molecular formula is C13H16N2O2S. The lowest BCUT2D eigenvalue weighted by Gasteiger charge is -2.18. The Morgan fingerprint density at radius 3 is 2.89 bits per heavy atom. The molecule has 0 saturated carbocycles. The van der Waals surface area contributed by atoms with Crippen LogP contribution in [-0.2, 0) is 11.3 Å². The molecule has 0 aliphatic carbocycles. The van der Waals surface area contributed by atoms with Crippen molar-refractivity contribution in [3.63, 3.8) is 0 Å². The van der Waals surface area contributed by atoms with Crippen molar-refractivity contribution in [1.29, 1.82) is 0 Å². The molecule has 1 aromatic carbocycles. The molecule has 1 aromatic rings. The molecule has 1 saturated heterocycles. The molecule has 0 radical (unpaired) electrons. The Morgan fingerprint density at radius 2 is 2.33 bits per heavy atom. The molecule has 0 aromatic heterocycles. The first-order chi connectivity index (χ1) is 8.61. The number of methoxy groups -OCH3 is 1. The topological polar surface area (TPSA) is 55.6 Å². The predicted molar refractivity (Wildman–Crippen MR) is 73.5 cm³/mol. The van der Waals surface area contributed by atoms with Gasteiger partial charge in [0.05, 0.1) is 7.11 Å². The highest BCUT2D eigenvalue weighted by Crippen LogP contribution is 2.23. The smallest absolute Gasteiger partial charge is 0.222 e. The lowest BCUT2D eigenvalue weighted by molar-refractivity contribution is -0.128. The van der Waals surface area contributed by atoms with Crippen LogP contribution in [0.25, 0.3) is 0 Å². The van der Waals surface area contributed by atoms with Gasteiger partial charge in [-0.2, -0.15) is 0 Å². The van der Waals surface area contributed by atoms with E-state index in [-0.39, 0.29) is 5.91 Å². The van der Waals surface area contributed by atoms with Crippen molar-refractivity contribution in [3.05, 3.63) is 29.3 Å². The van der Waals surface area contributed by atoms with Crippen LogP contribution >= 0.6 is 12.2 Å². The highest BCUT2D eigenvalue weighted by Gasteiger charge is 2.21. The fraction of sp³-hybridized carbons (Fsp3) is 0.385. The van der Waals surface area contributed by atoms with Gasteiger partial charge in [-0.15, -0.1) is 0 Å². The third-order valence-corrected chi connectivity index (χ3v) is 3.33. The van der Waals surface area contributed by atoms with Crippen molar-refractivity contribution in [1.82, 2.24) is 4.90 Å². The van der Waals surface area contributed by atoms with Gasteiger partial charge in [0.15, 0.2) is 0 Å². The number of carbonyl (C=O) groups excluding carboxylic acids is 1. The number of rotatable bonds is 4. The van der Waals surface area contributed by atoms with Crippen molar-refractivity contribution < 1.29 is 9.53 Å². The molecule has 1 heterocycles. The van der Waals surface area contributed by atoms with E-state index >= 15 is 0 Å². The SMILES string of the molecule is COc1ccc(C(N)=S)cc1CN1CCCC1=O. The van der Waals surface area contributed by atoms with Crippen LogP contribution in [0, 0.1) is 0 Å². The maximum atomic E-state index is 11.6. The second-order valence-electron chi connectivity index (χ2n) is 4.31. The Balaban J connectivity index is 2.26. The number of ether oxygens (including phenoxy) is 1. The normalized spacial score (nSPS) is 14.9. The highest BCUT2D eigenvalue weighted by molar-refractivity contribution is 7.80. The summed E-state index contributed by atoms with van der Waals surface area (Å²) in [5, 5.41) is 0. The number of nitrogens with two attached hydrogens (primary N) is 1. The fourth-order valence-corrected chi connectivity index (χ4v) is 2.26. The summed E-state index contributed by atoms with van der Waals surface area (Å²) >= 11 is 4.96. The van der Waals surface area contributed by atoms with Crippen molar-refractivity contribution in [2.75, 3.05) is 13.7 Å². The van der Waals surface area contributed by atoms with Crippen LogP contribution in [0.5, 0.6) is 5.75 Å². The maximum absolute atomic E-state index is 11.6. The molecule has 1 fully saturated rings. The van der Waals surface area contributed by atoms with Gasteiger partial charge in [-0.05, 0) is 24.6 Å². The van der Waals surface area contributed by atoms with E-state index in [0.29, 0.717) is 18.0 Å². The summed E-state index contributed by atoms with van der Waals surface area (Å²) in [6.45, 7) is 1.36. The van der Waals surface area contributed by atoms with Gasteiger partial charge in [-0.3, -0.25) is 4.79 Å². The van der Waals surface area contributed by atoms with Crippen LogP contribution in [0.4, 0.5) is 0 Å². The molecule has 0 spiro atoms. The molecule has 2 rings (SSSR count). The zero-order chi connectivity index (χ0) is 13.1. The van der Waals surface area contributed by atoms with Crippen molar-refractivity contribution in [3.8, 4) is 5.75 Å². The average molecular weight is 264 g/mol. The maximum Gasteiger partial charge on any atom is 0.222 e. The first kappa shape index (κ1) is 12.8. The molecule has 5 heteroatoms. The molecule has 96 valence electrons. The third-order valence-electron chi connectivity index (χ3n) is 3.10. The Hall–Kier alpha value is -1.62. The van der Waals surface area contributed by atoms with Gasteiger partial charge in [-0.1, -0.05) is 12.2 Å². The number of thiocarbonyl (C=S) groups is 1. The van der Waals surface area contributed by atoms with E-state index < -0.39 is 0 Å². The third kappa shape index (κ3) is 2.61. The number of amides is 1. The summed E-state index contributed by atoms with van der Waals surface area (Å²) in [6.07, 6.45) is 1.56. The van der Waals surface area contributed by atoms with E-state index in [1.807, 2.05) is 23.1 Å². The lowest BCUT2D eigenvalue weighted by atomic mass is 10.1. The van der Waals surface area contributed by atoms with Gasteiger partial charge in [0.1, 0.15) is 10.7 Å². The minimum atomic E-state index is 0.192. The van der Waals surface area contributed by atoms with Gasteiger partial charge in [-0.25, -0.2) is 0 Å². The van der Waals surface area contributed by atoms with Crippen molar-refractivity contribution in [2.24, 2.45) is 5.73 Å². The minimum absolute atomic E-state index is 0.192. The van der Waals surface area contributed by atoms with E-state index in [1.54, 1.807) is 7.11 Å². The molecule has 0 atom stereocenters. The molecule has 18 heavy (non-hydrogen) atoms. The zero-order valence-corrected chi connectivity index (χ0v) is 11.1. The lowest BCUT2D eigenvalue weighted by Crippen LogP contribution is -2.24. The summed E-state index contributed by atoms with van der Waals surface area (Å²) < 4.78 is 5.30. The van der Waals surface area contributed by atoms with Crippen molar-refractivity contribution >= 4 is 23.1 Å². The second-order valence-corrected chi connectivity index (χ2v) is 4.75. The first-order valence-corrected chi connectivity index (χ1v) is 6.27. The average Bonchev–Trinajstić information content (AvgIpc) is 2.75. The quantitative estimate of drug-likeness (QED) is 0.836. The molecule has 0 bridgehead atoms. The number of hydrogen-bond acceptors (Lipinski definition) is 3. The van der Waals surface area contributed by atoms with Crippen molar-refractivity contribution in [2.45, 2.75) is 19.4 Å². The largest absolute Gasteiger partial charge is 0.496 e. The monoisotopic (exact) mass is 264 g/mol. The highest BCUT2D eigenvalue weighted by atomic mass is 32.1. The van der Waals surface area contributed by atoms with Gasteiger partial charge in [0.25, 0.3) is 0 Å². The number of benzene rings is 1. The number of likely N-dealkylation sites (tertiary alicyclic amines) is 1. The van der Waals surface area contributed by atoms with Crippen LogP contribution < -0.4 is 10.5 Å². The van der Waals surface area contributed by atoms with Gasteiger partial charge in [0.2, 0.25) is 5.91 Å². The number of hydrogen-bond donors (Lipinski definition) is 1. The minimum Gasteiger partial charge on any atom is -0.496 e. The molecule has 1 aliphatic heterocycles. The van der Waals surface area contributed by atoms with Crippen LogP contribution in [0.15, 0.2) is 18.2 Å². The van der Waals surface area contributed by atoms with E-state index in [0.717, 1.165) is 29.8 Å². The fourth-order valence-electron chi connectivity index (χ4n) is 2.13. The molecule has 4 nitrogen and oxygen atoms in total. The Bertz CT molecular complexity index is 488. The van der Waals surface area contributed by atoms with Gasteiger partial charge >= 0.3 is 0 Å². The van der Waals surface area contributed by atoms with E-state index in [1.165, 1.54) is 0 Å². The number of carbonyl (C=O) groups is 1. The van der Waals surface area contributed by atoms with Crippen LogP contribution in [0.1, 0.15) is 24.0 Å². The van der Waals surface area contributed by atoms with Gasteiger partial charge < -0.3 is 15.4 Å². The Morgan fingerprint density at radius 1 is 1.56 bits per heavy atom. The van der Waals surface area contributed by atoms with Crippen LogP contribution in [0.3, 0.4) is 0 Å². The van der Waals surface area contributed by atoms with Crippen LogP contribution in [0.2, 0.25) is 0 Å².